The highest BCUT2D eigenvalue weighted by atomic mass is 16.1. The van der Waals surface area contributed by atoms with Crippen LogP contribution in [0.1, 0.15) is 39.5 Å². The van der Waals surface area contributed by atoms with Crippen molar-refractivity contribution < 1.29 is 4.79 Å². The third-order valence-corrected chi connectivity index (χ3v) is 1.56. The van der Waals surface area contributed by atoms with E-state index in [2.05, 4.69) is 12.2 Å². The Bertz CT molecular complexity index is 102. The highest BCUT2D eigenvalue weighted by Crippen LogP contribution is 1.94. The van der Waals surface area contributed by atoms with Crippen molar-refractivity contribution in [3.05, 3.63) is 0 Å². The summed E-state index contributed by atoms with van der Waals surface area (Å²) in [7, 11) is 0. The molecule has 0 saturated heterocycles. The molecule has 0 aromatic heterocycles. The monoisotopic (exact) mass is 157 g/mol. The van der Waals surface area contributed by atoms with Crippen molar-refractivity contribution in [2.24, 2.45) is 0 Å². The number of hydrogen-bond acceptors (Lipinski definition) is 2. The standard InChI is InChI=1S/C9H19NO/c1-3-7-10-8-5-4-6-9(2)11/h10H,3-8H2,1-2H3. The van der Waals surface area contributed by atoms with Crippen LogP contribution in [-0.4, -0.2) is 18.9 Å². The lowest BCUT2D eigenvalue weighted by atomic mass is 10.2. The Kier molecular flexibility index (Phi) is 7.47. The molecule has 66 valence electrons. The predicted molar refractivity (Wildman–Crippen MR) is 47.7 cm³/mol. The van der Waals surface area contributed by atoms with E-state index in [1.54, 1.807) is 6.92 Å². The van der Waals surface area contributed by atoms with Crippen LogP contribution in [0.5, 0.6) is 0 Å². The summed E-state index contributed by atoms with van der Waals surface area (Å²) in [6.07, 6.45) is 4.09. The number of nitrogens with one attached hydrogen (secondary N) is 1. The molecule has 1 N–H and O–H groups in total. The average molecular weight is 157 g/mol. The Hall–Kier alpha value is -0.370. The van der Waals surface area contributed by atoms with Crippen molar-refractivity contribution in [1.82, 2.24) is 5.32 Å². The topological polar surface area (TPSA) is 29.1 Å². The van der Waals surface area contributed by atoms with Gasteiger partial charge in [0.05, 0.1) is 0 Å². The first-order chi connectivity index (χ1) is 5.27. The maximum absolute atomic E-state index is 10.5. The van der Waals surface area contributed by atoms with E-state index in [0.717, 1.165) is 32.4 Å². The molecule has 0 atom stereocenters. The maximum Gasteiger partial charge on any atom is 0.129 e. The maximum atomic E-state index is 10.5. The van der Waals surface area contributed by atoms with Gasteiger partial charge >= 0.3 is 0 Å². The lowest BCUT2D eigenvalue weighted by Gasteiger charge is -2.00. The predicted octanol–water partition coefficient (Wildman–Crippen LogP) is 1.75. The summed E-state index contributed by atoms with van der Waals surface area (Å²) in [6.45, 7) is 5.96. The second kappa shape index (κ2) is 7.73. The molecule has 0 heterocycles. The van der Waals surface area contributed by atoms with E-state index in [-0.39, 0.29) is 0 Å². The quantitative estimate of drug-likeness (QED) is 0.570. The molecule has 0 aromatic carbocycles. The minimum atomic E-state index is 0.306. The van der Waals surface area contributed by atoms with Gasteiger partial charge in [-0.05, 0) is 39.3 Å². The molecular formula is C9H19NO. The van der Waals surface area contributed by atoms with Crippen LogP contribution < -0.4 is 5.32 Å². The molecule has 0 amide bonds. The fraction of sp³-hybridized carbons (Fsp3) is 0.889. The number of unbranched alkanes of at least 4 members (excludes halogenated alkanes) is 1. The number of Topliss-reactive ketones (excluding diaryl/α,β-unsaturated/α-hetero) is 1. The van der Waals surface area contributed by atoms with Gasteiger partial charge in [0.1, 0.15) is 5.78 Å². The van der Waals surface area contributed by atoms with Crippen LogP contribution in [0.2, 0.25) is 0 Å². The molecule has 2 nitrogen and oxygen atoms in total. The first kappa shape index (κ1) is 10.6. The van der Waals surface area contributed by atoms with Crippen molar-refractivity contribution in [3.8, 4) is 0 Å². The Balaban J connectivity index is 2.85. The number of ketones is 1. The van der Waals surface area contributed by atoms with Crippen LogP contribution in [-0.2, 0) is 4.79 Å². The van der Waals surface area contributed by atoms with Gasteiger partial charge in [0.25, 0.3) is 0 Å². The molecule has 0 aromatic rings. The molecule has 0 unspecified atom stereocenters. The van der Waals surface area contributed by atoms with Crippen LogP contribution in [0, 0.1) is 0 Å². The van der Waals surface area contributed by atoms with E-state index in [9.17, 15) is 4.79 Å². The van der Waals surface area contributed by atoms with E-state index in [0.29, 0.717) is 5.78 Å². The molecular weight excluding hydrogens is 138 g/mol. The lowest BCUT2D eigenvalue weighted by molar-refractivity contribution is -0.117. The molecule has 0 rings (SSSR count). The van der Waals surface area contributed by atoms with Crippen molar-refractivity contribution in [1.29, 1.82) is 0 Å². The van der Waals surface area contributed by atoms with Crippen LogP contribution in [0.4, 0.5) is 0 Å². The van der Waals surface area contributed by atoms with E-state index >= 15 is 0 Å². The first-order valence-corrected chi connectivity index (χ1v) is 4.47. The molecule has 0 radical (unpaired) electrons. The van der Waals surface area contributed by atoms with Crippen LogP contribution >= 0.6 is 0 Å². The van der Waals surface area contributed by atoms with Gasteiger partial charge in [-0.15, -0.1) is 0 Å². The molecule has 0 bridgehead atoms. The van der Waals surface area contributed by atoms with Gasteiger partial charge in [0.2, 0.25) is 0 Å². The minimum Gasteiger partial charge on any atom is -0.317 e. The van der Waals surface area contributed by atoms with E-state index in [4.69, 9.17) is 0 Å². The number of carbonyl (C=O) groups excluding carboxylic acids is 1. The van der Waals surface area contributed by atoms with Crippen LogP contribution in [0.15, 0.2) is 0 Å². The van der Waals surface area contributed by atoms with Crippen LogP contribution in [0.3, 0.4) is 0 Å². The van der Waals surface area contributed by atoms with Crippen molar-refractivity contribution >= 4 is 5.78 Å². The average Bonchev–Trinajstić information content (AvgIpc) is 1.96. The summed E-state index contributed by atoms with van der Waals surface area (Å²) in [5.74, 6) is 0.306. The summed E-state index contributed by atoms with van der Waals surface area (Å²) in [4.78, 5) is 10.5. The van der Waals surface area contributed by atoms with E-state index in [1.807, 2.05) is 0 Å². The van der Waals surface area contributed by atoms with Crippen LogP contribution in [0.25, 0.3) is 0 Å². The van der Waals surface area contributed by atoms with E-state index in [1.165, 1.54) is 6.42 Å². The summed E-state index contributed by atoms with van der Waals surface area (Å²) in [5.41, 5.74) is 0. The van der Waals surface area contributed by atoms with Crippen molar-refractivity contribution in [2.75, 3.05) is 13.1 Å². The highest BCUT2D eigenvalue weighted by molar-refractivity contribution is 5.75. The Morgan fingerprint density at radius 2 is 2.00 bits per heavy atom. The van der Waals surface area contributed by atoms with Gasteiger partial charge < -0.3 is 10.1 Å². The smallest absolute Gasteiger partial charge is 0.129 e. The molecule has 0 fully saturated rings. The van der Waals surface area contributed by atoms with Gasteiger partial charge in [0.15, 0.2) is 0 Å². The molecule has 0 aliphatic heterocycles. The largest absolute Gasteiger partial charge is 0.317 e. The van der Waals surface area contributed by atoms with Gasteiger partial charge in [0, 0.05) is 6.42 Å². The second-order valence-electron chi connectivity index (χ2n) is 2.91. The highest BCUT2D eigenvalue weighted by Gasteiger charge is 1.92. The van der Waals surface area contributed by atoms with Gasteiger partial charge in [-0.2, -0.15) is 0 Å². The zero-order valence-electron chi connectivity index (χ0n) is 7.65. The Labute approximate surface area is 69.4 Å². The SMILES string of the molecule is CCCNCCCCC(C)=O. The molecule has 0 spiro atoms. The summed E-state index contributed by atoms with van der Waals surface area (Å²) >= 11 is 0. The second-order valence-corrected chi connectivity index (χ2v) is 2.91. The molecule has 0 aliphatic rings. The molecule has 0 aliphatic carbocycles. The summed E-state index contributed by atoms with van der Waals surface area (Å²) in [6, 6.07) is 0. The molecule has 0 saturated carbocycles. The van der Waals surface area contributed by atoms with Gasteiger partial charge in [-0.1, -0.05) is 6.92 Å². The summed E-state index contributed by atoms with van der Waals surface area (Å²) in [5, 5.41) is 3.30. The normalized spacial score (nSPS) is 10.0. The van der Waals surface area contributed by atoms with Crippen molar-refractivity contribution in [3.63, 3.8) is 0 Å². The number of rotatable bonds is 7. The lowest BCUT2D eigenvalue weighted by Crippen LogP contribution is -2.15. The van der Waals surface area contributed by atoms with Crippen molar-refractivity contribution in [2.45, 2.75) is 39.5 Å². The molecule has 2 heteroatoms. The summed E-state index contributed by atoms with van der Waals surface area (Å²) < 4.78 is 0. The number of carbonyl (C=O) groups is 1. The Morgan fingerprint density at radius 1 is 1.27 bits per heavy atom. The Morgan fingerprint density at radius 3 is 2.55 bits per heavy atom. The first-order valence-electron chi connectivity index (χ1n) is 4.47. The zero-order valence-corrected chi connectivity index (χ0v) is 7.65. The fourth-order valence-corrected chi connectivity index (χ4v) is 0.926. The third kappa shape index (κ3) is 9.63. The van der Waals surface area contributed by atoms with Gasteiger partial charge in [-0.3, -0.25) is 0 Å². The molecule has 11 heavy (non-hydrogen) atoms. The van der Waals surface area contributed by atoms with E-state index < -0.39 is 0 Å². The third-order valence-electron chi connectivity index (χ3n) is 1.56. The number of hydrogen-bond donors (Lipinski definition) is 1. The fourth-order valence-electron chi connectivity index (χ4n) is 0.926. The minimum absolute atomic E-state index is 0.306. The van der Waals surface area contributed by atoms with Gasteiger partial charge in [-0.25, -0.2) is 0 Å². The zero-order chi connectivity index (χ0) is 8.53.